The summed E-state index contributed by atoms with van der Waals surface area (Å²) in [6, 6.07) is 23.8. The van der Waals surface area contributed by atoms with E-state index in [9.17, 15) is 14.4 Å². The zero-order valence-corrected chi connectivity index (χ0v) is 23.8. The number of aliphatic carboxylic acids is 1. The van der Waals surface area contributed by atoms with Gasteiger partial charge < -0.3 is 15.2 Å². The topological polar surface area (TPSA) is 108 Å². The Morgan fingerprint density at radius 2 is 1.56 bits per heavy atom. The van der Waals surface area contributed by atoms with Gasteiger partial charge in [-0.2, -0.15) is 0 Å². The number of benzene rings is 3. The highest BCUT2D eigenvalue weighted by Crippen LogP contribution is 2.44. The zero-order chi connectivity index (χ0) is 29.2. The molecule has 8 heteroatoms. The predicted octanol–water partition coefficient (Wildman–Crippen LogP) is 6.12. The fourth-order valence-electron chi connectivity index (χ4n) is 5.37. The van der Waals surface area contributed by atoms with Gasteiger partial charge in [-0.1, -0.05) is 87.4 Å². The fourth-order valence-corrected chi connectivity index (χ4v) is 5.37. The lowest BCUT2D eigenvalue weighted by atomic mass is 9.98. The van der Waals surface area contributed by atoms with Crippen LogP contribution in [0.2, 0.25) is 0 Å². The molecule has 3 N–H and O–H groups in total. The third kappa shape index (κ3) is 7.73. The van der Waals surface area contributed by atoms with Crippen molar-refractivity contribution in [3.8, 4) is 11.1 Å². The minimum Gasteiger partial charge on any atom is -0.481 e. The molecule has 0 saturated heterocycles. The van der Waals surface area contributed by atoms with E-state index in [1.54, 1.807) is 12.1 Å². The summed E-state index contributed by atoms with van der Waals surface area (Å²) in [7, 11) is 0. The molecule has 3 aromatic rings. The first-order valence-corrected chi connectivity index (χ1v) is 14.4. The van der Waals surface area contributed by atoms with Crippen LogP contribution < -0.4 is 10.7 Å². The highest BCUT2D eigenvalue weighted by Gasteiger charge is 2.29. The van der Waals surface area contributed by atoms with E-state index in [1.807, 2.05) is 41.4 Å². The highest BCUT2D eigenvalue weighted by atomic mass is 16.6. The molecule has 1 unspecified atom stereocenters. The molecular weight excluding hydrogens is 518 g/mol. The summed E-state index contributed by atoms with van der Waals surface area (Å²) in [6.07, 6.45) is 3.26. The van der Waals surface area contributed by atoms with E-state index in [0.29, 0.717) is 12.1 Å². The first-order valence-electron chi connectivity index (χ1n) is 14.4. The summed E-state index contributed by atoms with van der Waals surface area (Å²) >= 11 is 0. The number of hydrogen-bond acceptors (Lipinski definition) is 5. The maximum atomic E-state index is 13.1. The Bertz CT molecular complexity index is 1300. The van der Waals surface area contributed by atoms with Crippen molar-refractivity contribution in [2.24, 2.45) is 0 Å². The van der Waals surface area contributed by atoms with Gasteiger partial charge in [-0.15, -0.1) is 0 Å². The third-order valence-electron chi connectivity index (χ3n) is 7.57. The Hall–Kier alpha value is -4.17. The number of ether oxygens (including phenoxy) is 1. The maximum Gasteiger partial charge on any atom is 0.421 e. The Balaban J connectivity index is 1.41. The van der Waals surface area contributed by atoms with Gasteiger partial charge in [-0.25, -0.2) is 9.80 Å². The van der Waals surface area contributed by atoms with Crippen LogP contribution in [0.15, 0.2) is 72.8 Å². The average molecular weight is 558 g/mol. The van der Waals surface area contributed by atoms with Crippen LogP contribution in [0.1, 0.15) is 78.9 Å². The van der Waals surface area contributed by atoms with E-state index in [1.165, 1.54) is 22.3 Å². The second-order valence-corrected chi connectivity index (χ2v) is 10.4. The number of fused-ring (bicyclic) bond motifs is 3. The van der Waals surface area contributed by atoms with E-state index < -0.39 is 12.1 Å². The Kier molecular flexibility index (Phi) is 10.5. The zero-order valence-electron chi connectivity index (χ0n) is 23.8. The van der Waals surface area contributed by atoms with Crippen molar-refractivity contribution in [1.29, 1.82) is 0 Å². The first-order chi connectivity index (χ1) is 19.9. The van der Waals surface area contributed by atoms with Crippen LogP contribution in [0.4, 0.5) is 4.79 Å². The summed E-state index contributed by atoms with van der Waals surface area (Å²) in [4.78, 5) is 36.2. The molecule has 0 saturated carbocycles. The molecule has 4 rings (SSSR count). The quantitative estimate of drug-likeness (QED) is 0.206. The Morgan fingerprint density at radius 3 is 2.15 bits per heavy atom. The molecule has 0 aliphatic heterocycles. The number of hydrazine groups is 1. The van der Waals surface area contributed by atoms with Crippen molar-refractivity contribution in [3.63, 3.8) is 0 Å². The molecule has 0 radical (unpaired) electrons. The van der Waals surface area contributed by atoms with Crippen LogP contribution >= 0.6 is 0 Å². The molecule has 8 nitrogen and oxygen atoms in total. The lowest BCUT2D eigenvalue weighted by Gasteiger charge is -2.31. The van der Waals surface area contributed by atoms with Crippen LogP contribution in [0, 0.1) is 0 Å². The lowest BCUT2D eigenvalue weighted by molar-refractivity contribution is -0.136. The number of carboxylic acid groups (broad SMARTS) is 1. The fraction of sp³-hybridized carbons (Fsp3) is 0.364. The molecule has 3 aromatic carbocycles. The van der Waals surface area contributed by atoms with Gasteiger partial charge in [0.1, 0.15) is 6.61 Å². The molecular formula is C33H39N3O5. The Labute approximate surface area is 241 Å². The number of carbonyl (C=O) groups excluding carboxylic acids is 2. The predicted molar refractivity (Wildman–Crippen MR) is 158 cm³/mol. The van der Waals surface area contributed by atoms with Crippen LogP contribution in [-0.4, -0.2) is 47.3 Å². The molecule has 0 aromatic heterocycles. The van der Waals surface area contributed by atoms with E-state index in [2.05, 4.69) is 48.9 Å². The molecule has 216 valence electrons. The molecule has 2 amide bonds. The molecule has 0 heterocycles. The van der Waals surface area contributed by atoms with E-state index in [0.717, 1.165) is 31.2 Å². The van der Waals surface area contributed by atoms with Crippen molar-refractivity contribution >= 4 is 18.0 Å². The molecule has 0 fully saturated rings. The van der Waals surface area contributed by atoms with Gasteiger partial charge >= 0.3 is 12.1 Å². The second kappa shape index (κ2) is 14.5. The lowest BCUT2D eigenvalue weighted by Crippen LogP contribution is -2.48. The van der Waals surface area contributed by atoms with Crippen molar-refractivity contribution in [3.05, 3.63) is 95.1 Å². The summed E-state index contributed by atoms with van der Waals surface area (Å²) < 4.78 is 5.83. The van der Waals surface area contributed by atoms with E-state index >= 15 is 0 Å². The van der Waals surface area contributed by atoms with E-state index in [4.69, 9.17) is 9.84 Å². The third-order valence-corrected chi connectivity index (χ3v) is 7.57. The maximum absolute atomic E-state index is 13.1. The summed E-state index contributed by atoms with van der Waals surface area (Å²) in [5.41, 5.74) is 9.09. The first kappa shape index (κ1) is 29.8. The second-order valence-electron chi connectivity index (χ2n) is 10.4. The van der Waals surface area contributed by atoms with Crippen LogP contribution in [0.3, 0.4) is 0 Å². The summed E-state index contributed by atoms with van der Waals surface area (Å²) in [6.45, 7) is 5.02. The standard InChI is InChI=1S/C33H39N3O5/c1-3-5-10-25(4-2)36(21-23-15-17-24(18-16-23)32(39)34-20-19-31(37)38)35-33(40)41-22-30-28-13-8-6-11-26(28)27-12-7-9-14-29(27)30/h6-9,11-18,25,30H,3-5,10,19-22H2,1-2H3,(H,34,39)(H,35,40)(H,37,38). The number of carboxylic acids is 1. The Morgan fingerprint density at radius 1 is 0.927 bits per heavy atom. The monoisotopic (exact) mass is 557 g/mol. The minimum absolute atomic E-state index is 0.0159. The number of rotatable bonds is 14. The normalized spacial score (nSPS) is 12.9. The summed E-state index contributed by atoms with van der Waals surface area (Å²) in [5, 5.41) is 13.3. The number of nitrogens with one attached hydrogen (secondary N) is 2. The number of nitrogens with zero attached hydrogens (tertiary/aromatic N) is 1. The van der Waals surface area contributed by atoms with Gasteiger partial charge in [0.2, 0.25) is 0 Å². The summed E-state index contributed by atoms with van der Waals surface area (Å²) in [5.74, 6) is -1.29. The molecule has 1 aliphatic rings. The van der Waals surface area contributed by atoms with Gasteiger partial charge in [-0.05, 0) is 52.8 Å². The smallest absolute Gasteiger partial charge is 0.421 e. The SMILES string of the molecule is CCCCC(CC)N(Cc1ccc(C(=O)NCCC(=O)O)cc1)NC(=O)OCC1c2ccccc2-c2ccccc21. The number of carbonyl (C=O) groups is 3. The van der Waals surface area contributed by atoms with Crippen molar-refractivity contribution in [2.45, 2.75) is 64.5 Å². The van der Waals surface area contributed by atoms with Crippen LogP contribution in [0.25, 0.3) is 11.1 Å². The molecule has 1 atom stereocenters. The van der Waals surface area contributed by atoms with E-state index in [-0.39, 0.29) is 37.4 Å². The number of unbranched alkanes of at least 4 members (excludes halogenated alkanes) is 1. The highest BCUT2D eigenvalue weighted by molar-refractivity contribution is 5.94. The van der Waals surface area contributed by atoms with Gasteiger partial charge in [0.25, 0.3) is 5.91 Å². The van der Waals surface area contributed by atoms with Crippen LogP contribution in [0.5, 0.6) is 0 Å². The van der Waals surface area contributed by atoms with Gasteiger partial charge in [0, 0.05) is 30.6 Å². The number of hydrogen-bond donors (Lipinski definition) is 3. The molecule has 41 heavy (non-hydrogen) atoms. The molecule has 1 aliphatic carbocycles. The molecule has 0 bridgehead atoms. The van der Waals surface area contributed by atoms with Gasteiger partial charge in [0.05, 0.1) is 6.42 Å². The minimum atomic E-state index is -0.960. The number of amides is 2. The van der Waals surface area contributed by atoms with Crippen LogP contribution in [-0.2, 0) is 16.1 Å². The van der Waals surface area contributed by atoms with Crippen molar-refractivity contribution < 1.29 is 24.2 Å². The van der Waals surface area contributed by atoms with Crippen molar-refractivity contribution in [2.75, 3.05) is 13.2 Å². The van der Waals surface area contributed by atoms with Crippen molar-refractivity contribution in [1.82, 2.24) is 15.8 Å². The van der Waals surface area contributed by atoms with Gasteiger partial charge in [0.15, 0.2) is 0 Å². The largest absolute Gasteiger partial charge is 0.481 e. The van der Waals surface area contributed by atoms with Gasteiger partial charge in [-0.3, -0.25) is 15.0 Å². The average Bonchev–Trinajstić information content (AvgIpc) is 3.30. The molecule has 0 spiro atoms.